The molecule has 10 aliphatic rings. The zero-order valence-corrected chi connectivity index (χ0v) is 25.4. The van der Waals surface area contributed by atoms with Crippen LogP contribution in [0.1, 0.15) is 105 Å². The number of hydrogen-bond donors (Lipinski definition) is 1. The van der Waals surface area contributed by atoms with Crippen LogP contribution in [0.5, 0.6) is 0 Å². The zero-order chi connectivity index (χ0) is 27.7. The Labute approximate surface area is 240 Å². The SMILES string of the molecule is CC12CC3(C)CC(OCC(O)COC45CC6(C)CC(C)(C4)CC(OCC4CO4)(C6)C5)(C1)CC(OCC1CO1)(C2)C3. The summed E-state index contributed by atoms with van der Waals surface area (Å²) in [5.41, 5.74) is 0.282. The first-order valence-corrected chi connectivity index (χ1v) is 16.2. The van der Waals surface area contributed by atoms with Crippen molar-refractivity contribution in [2.75, 3.05) is 39.6 Å². The van der Waals surface area contributed by atoms with Gasteiger partial charge in [0, 0.05) is 12.8 Å². The van der Waals surface area contributed by atoms with Crippen molar-refractivity contribution in [3.63, 3.8) is 0 Å². The molecule has 0 aromatic heterocycles. The molecule has 0 aromatic carbocycles. The number of rotatable bonds is 12. The van der Waals surface area contributed by atoms with E-state index in [1.54, 1.807) is 0 Å². The summed E-state index contributed by atoms with van der Waals surface area (Å²) in [5.74, 6) is 0. The van der Waals surface area contributed by atoms with E-state index in [1.807, 2.05) is 0 Å². The van der Waals surface area contributed by atoms with Crippen LogP contribution in [0.15, 0.2) is 0 Å². The third-order valence-electron chi connectivity index (χ3n) is 12.1. The van der Waals surface area contributed by atoms with Gasteiger partial charge in [-0.05, 0) is 85.9 Å². The van der Waals surface area contributed by atoms with Gasteiger partial charge in [0.15, 0.2) is 0 Å². The lowest BCUT2D eigenvalue weighted by Gasteiger charge is -2.69. The lowest BCUT2D eigenvalue weighted by Crippen LogP contribution is -2.67. The molecule has 226 valence electrons. The summed E-state index contributed by atoms with van der Waals surface area (Å²) in [7, 11) is 0. The Morgan fingerprint density at radius 3 is 1.12 bits per heavy atom. The van der Waals surface area contributed by atoms with Crippen LogP contribution >= 0.6 is 0 Å². The molecule has 8 saturated carbocycles. The molecule has 8 bridgehead atoms. The van der Waals surface area contributed by atoms with Crippen molar-refractivity contribution in [3.05, 3.63) is 0 Å². The van der Waals surface area contributed by atoms with Gasteiger partial charge in [-0.1, -0.05) is 27.7 Å². The van der Waals surface area contributed by atoms with E-state index < -0.39 is 6.10 Å². The number of ether oxygens (including phenoxy) is 6. The molecule has 0 amide bonds. The molecule has 6 atom stereocenters. The number of aliphatic hydroxyl groups is 1. The highest BCUT2D eigenvalue weighted by atomic mass is 16.6. The third-order valence-corrected chi connectivity index (χ3v) is 12.1. The summed E-state index contributed by atoms with van der Waals surface area (Å²) in [6.07, 6.45) is 13.1. The fourth-order valence-electron chi connectivity index (χ4n) is 13.0. The summed E-state index contributed by atoms with van der Waals surface area (Å²) in [6.45, 7) is 13.5. The largest absolute Gasteiger partial charge is 0.388 e. The molecule has 0 spiro atoms. The molecule has 8 aliphatic carbocycles. The van der Waals surface area contributed by atoms with E-state index in [4.69, 9.17) is 28.4 Å². The lowest BCUT2D eigenvalue weighted by molar-refractivity contribution is -0.293. The number of hydrogen-bond acceptors (Lipinski definition) is 7. The van der Waals surface area contributed by atoms with Crippen LogP contribution in [0.2, 0.25) is 0 Å². The van der Waals surface area contributed by atoms with E-state index in [9.17, 15) is 5.11 Å². The Bertz CT molecular complexity index is 918. The van der Waals surface area contributed by atoms with Crippen LogP contribution in [0.25, 0.3) is 0 Å². The van der Waals surface area contributed by atoms with E-state index in [-0.39, 0.29) is 56.3 Å². The van der Waals surface area contributed by atoms with Crippen molar-refractivity contribution in [2.45, 2.75) is 145 Å². The fraction of sp³-hybridized carbons (Fsp3) is 1.00. The maximum Gasteiger partial charge on any atom is 0.104 e. The normalized spacial score (nSPS) is 57.5. The topological polar surface area (TPSA) is 82.2 Å². The maximum atomic E-state index is 11.3. The van der Waals surface area contributed by atoms with Gasteiger partial charge < -0.3 is 33.5 Å². The average molecular weight is 561 g/mol. The van der Waals surface area contributed by atoms with Crippen molar-refractivity contribution < 1.29 is 33.5 Å². The minimum Gasteiger partial charge on any atom is -0.388 e. The van der Waals surface area contributed by atoms with Gasteiger partial charge in [-0.2, -0.15) is 0 Å². The monoisotopic (exact) mass is 560 g/mol. The fourth-order valence-corrected chi connectivity index (χ4v) is 13.0. The van der Waals surface area contributed by atoms with Crippen molar-refractivity contribution >= 4 is 0 Å². The summed E-state index contributed by atoms with van der Waals surface area (Å²) in [5, 5.41) is 11.3. The predicted octanol–water partition coefficient (Wildman–Crippen LogP) is 4.95. The summed E-state index contributed by atoms with van der Waals surface area (Å²) in [6, 6.07) is 0. The van der Waals surface area contributed by atoms with Gasteiger partial charge in [-0.3, -0.25) is 0 Å². The quantitative estimate of drug-likeness (QED) is 0.338. The molecule has 7 nitrogen and oxygen atoms in total. The smallest absolute Gasteiger partial charge is 0.104 e. The van der Waals surface area contributed by atoms with E-state index in [2.05, 4.69) is 27.7 Å². The van der Waals surface area contributed by atoms with Crippen LogP contribution in [0.4, 0.5) is 0 Å². The molecule has 10 fully saturated rings. The molecule has 7 heteroatoms. The van der Waals surface area contributed by atoms with Crippen molar-refractivity contribution in [1.82, 2.24) is 0 Å². The molecule has 6 unspecified atom stereocenters. The first-order valence-electron chi connectivity index (χ1n) is 16.2. The van der Waals surface area contributed by atoms with Gasteiger partial charge in [0.25, 0.3) is 0 Å². The second-order valence-corrected chi connectivity index (χ2v) is 17.9. The molecule has 1 N–H and O–H groups in total. The average Bonchev–Trinajstić information content (AvgIpc) is 3.69. The molecule has 40 heavy (non-hydrogen) atoms. The van der Waals surface area contributed by atoms with E-state index in [1.165, 1.54) is 12.8 Å². The van der Waals surface area contributed by atoms with Crippen molar-refractivity contribution in [3.8, 4) is 0 Å². The highest BCUT2D eigenvalue weighted by Gasteiger charge is 2.68. The highest BCUT2D eigenvalue weighted by Crippen LogP contribution is 2.71. The van der Waals surface area contributed by atoms with E-state index in [0.29, 0.717) is 26.4 Å². The van der Waals surface area contributed by atoms with Gasteiger partial charge in [0.1, 0.15) is 18.3 Å². The zero-order valence-electron chi connectivity index (χ0n) is 25.4. The van der Waals surface area contributed by atoms with Gasteiger partial charge in [-0.25, -0.2) is 0 Å². The Kier molecular flexibility index (Phi) is 5.77. The van der Waals surface area contributed by atoms with Crippen molar-refractivity contribution in [1.29, 1.82) is 0 Å². The molecular formula is C33H52O7. The number of epoxide rings is 2. The van der Waals surface area contributed by atoms with Gasteiger partial charge >= 0.3 is 0 Å². The first kappa shape index (κ1) is 27.3. The minimum absolute atomic E-state index is 0.116. The Hall–Kier alpha value is -0.280. The number of aliphatic hydroxyl groups excluding tert-OH is 1. The summed E-state index contributed by atoms with van der Waals surface area (Å²) >= 11 is 0. The third kappa shape index (κ3) is 4.92. The molecular weight excluding hydrogens is 508 g/mol. The minimum atomic E-state index is -0.629. The Morgan fingerprint density at radius 1 is 0.525 bits per heavy atom. The van der Waals surface area contributed by atoms with Crippen LogP contribution in [0.3, 0.4) is 0 Å². The van der Waals surface area contributed by atoms with E-state index >= 15 is 0 Å². The highest BCUT2D eigenvalue weighted by molar-refractivity contribution is 5.20. The van der Waals surface area contributed by atoms with Crippen LogP contribution < -0.4 is 0 Å². The summed E-state index contributed by atoms with van der Waals surface area (Å²) in [4.78, 5) is 0. The Balaban J connectivity index is 0.929. The van der Waals surface area contributed by atoms with Crippen molar-refractivity contribution in [2.24, 2.45) is 21.7 Å². The molecule has 10 rings (SSSR count). The first-order chi connectivity index (χ1) is 18.7. The van der Waals surface area contributed by atoms with Gasteiger partial charge in [-0.15, -0.1) is 0 Å². The lowest BCUT2D eigenvalue weighted by atomic mass is 9.42. The van der Waals surface area contributed by atoms with Crippen LogP contribution in [-0.4, -0.2) is 85.5 Å². The predicted molar refractivity (Wildman–Crippen MR) is 148 cm³/mol. The second-order valence-electron chi connectivity index (χ2n) is 17.9. The molecule has 2 saturated heterocycles. The standard InChI is InChI=1S/C33H52O7/c1-26-11-27(2)14-30(13-26,21-32(17-26,18-27)39-9-24-7-35-24)37-5-23(34)6-38-31-15-28(3)12-29(4,16-31)20-33(19-28,22-31)40-10-25-8-36-25/h23-25,34H,5-22H2,1-4H3. The van der Waals surface area contributed by atoms with E-state index in [0.717, 1.165) is 77.4 Å². The van der Waals surface area contributed by atoms with Gasteiger partial charge in [0.2, 0.25) is 0 Å². The second kappa shape index (κ2) is 8.46. The Morgan fingerprint density at radius 2 is 0.825 bits per heavy atom. The molecule has 2 heterocycles. The van der Waals surface area contributed by atoms with Crippen LogP contribution in [-0.2, 0) is 28.4 Å². The molecule has 0 radical (unpaired) electrons. The van der Waals surface area contributed by atoms with Gasteiger partial charge in [0.05, 0.1) is 62.0 Å². The molecule has 0 aromatic rings. The van der Waals surface area contributed by atoms with Crippen LogP contribution in [0, 0.1) is 21.7 Å². The molecule has 2 aliphatic heterocycles. The maximum absolute atomic E-state index is 11.3. The summed E-state index contributed by atoms with van der Waals surface area (Å²) < 4.78 is 37.9.